The van der Waals surface area contributed by atoms with Crippen molar-refractivity contribution in [2.24, 2.45) is 0 Å². The van der Waals surface area contributed by atoms with E-state index in [0.29, 0.717) is 16.9 Å². The van der Waals surface area contributed by atoms with Crippen molar-refractivity contribution in [3.63, 3.8) is 0 Å². The molecule has 1 unspecified atom stereocenters. The Kier molecular flexibility index (Phi) is 9.11. The summed E-state index contributed by atoms with van der Waals surface area (Å²) in [6.07, 6.45) is 0.105. The van der Waals surface area contributed by atoms with E-state index in [9.17, 15) is 34.3 Å². The first-order chi connectivity index (χ1) is 24.0. The Labute approximate surface area is 280 Å². The van der Waals surface area contributed by atoms with E-state index in [4.69, 9.17) is 15.3 Å². The van der Waals surface area contributed by atoms with Crippen molar-refractivity contribution >= 4 is 51.6 Å². The molecular formula is C34H27N7O9. The second-order valence-corrected chi connectivity index (χ2v) is 11.1. The summed E-state index contributed by atoms with van der Waals surface area (Å²) in [6.45, 7) is 0.00651. The van der Waals surface area contributed by atoms with Gasteiger partial charge in [-0.2, -0.15) is 4.98 Å². The number of carbonyl (C=O) groups is 3. The van der Waals surface area contributed by atoms with Crippen LogP contribution in [-0.2, 0) is 16.1 Å². The number of amides is 1. The molecule has 0 aliphatic carbocycles. The van der Waals surface area contributed by atoms with E-state index >= 15 is 0 Å². The fourth-order valence-corrected chi connectivity index (χ4v) is 5.41. The van der Waals surface area contributed by atoms with Crippen LogP contribution in [0, 0.1) is 5.21 Å². The van der Waals surface area contributed by atoms with E-state index < -0.39 is 52.8 Å². The number of rotatable bonds is 11. The Morgan fingerprint density at radius 1 is 1.00 bits per heavy atom. The Balaban J connectivity index is 1.50. The molecule has 0 saturated carbocycles. The molecule has 50 heavy (non-hydrogen) atoms. The third kappa shape index (κ3) is 6.64. The van der Waals surface area contributed by atoms with Gasteiger partial charge in [-0.15, -0.1) is 0 Å². The number of para-hydroxylation sites is 1. The van der Waals surface area contributed by atoms with Crippen LogP contribution in [0.15, 0.2) is 93.0 Å². The minimum absolute atomic E-state index is 0.00651. The van der Waals surface area contributed by atoms with Crippen LogP contribution in [0.3, 0.4) is 0 Å². The largest absolute Gasteiger partial charge is 0.626 e. The van der Waals surface area contributed by atoms with Crippen LogP contribution in [0.2, 0.25) is 0 Å². The number of fused-ring (bicyclic) bond motifs is 2. The van der Waals surface area contributed by atoms with E-state index in [1.54, 1.807) is 54.6 Å². The number of quaternary nitrogens is 1. The summed E-state index contributed by atoms with van der Waals surface area (Å²) in [5.74, 6) is -4.27. The monoisotopic (exact) mass is 677 g/mol. The molecule has 252 valence electrons. The highest BCUT2D eigenvalue weighted by Gasteiger charge is 2.33. The first-order valence-corrected chi connectivity index (χ1v) is 15.1. The van der Waals surface area contributed by atoms with Crippen LogP contribution < -0.4 is 27.1 Å². The number of carboxylic acids is 2. The summed E-state index contributed by atoms with van der Waals surface area (Å²) < 4.78 is 6.25. The third-order valence-corrected chi connectivity index (χ3v) is 7.81. The van der Waals surface area contributed by atoms with Crippen LogP contribution in [0.25, 0.3) is 44.6 Å². The molecule has 0 aliphatic heterocycles. The summed E-state index contributed by atoms with van der Waals surface area (Å²) in [4.78, 5) is 78.4. The van der Waals surface area contributed by atoms with Crippen LogP contribution in [0.4, 0.5) is 11.6 Å². The lowest BCUT2D eigenvalue weighted by molar-refractivity contribution is -0.778. The number of hydrogen-bond acceptors (Lipinski definition) is 12. The van der Waals surface area contributed by atoms with E-state index in [2.05, 4.69) is 25.3 Å². The number of nitrogens with one attached hydrogen (secondary N) is 3. The molecule has 7 N–H and O–H groups in total. The SMILES string of the molecule is Nc1nc2ncc(CNc3ccc(C(=O)[NH+]([O-])[C@@H](CCC(=O)O)C(=O)O)c(-c4c(-c5ccccc5)oc5ccccc5c4=O)c3)nc2c(=O)[nH]1. The van der Waals surface area contributed by atoms with Gasteiger partial charge in [-0.05, 0) is 30.3 Å². The number of aromatic nitrogens is 4. The van der Waals surface area contributed by atoms with E-state index in [-0.39, 0.29) is 57.1 Å². The van der Waals surface area contributed by atoms with Crippen molar-refractivity contribution in [1.29, 1.82) is 0 Å². The Morgan fingerprint density at radius 3 is 2.48 bits per heavy atom. The summed E-state index contributed by atoms with van der Waals surface area (Å²) in [5.41, 5.74) is 5.44. The topological polar surface area (TPSA) is 259 Å². The molecule has 0 aliphatic rings. The standard InChI is InChI=1S/C34H27N7O9/c35-34-39-30-27(31(45)40-34)38-19(16-37-30)15-36-18-10-11-20(32(46)41(49)23(33(47)48)12-13-25(42)43)22(14-18)26-28(44)21-8-4-5-9-24(21)50-29(26)17-6-2-1-3-7-17/h1-11,14,16,23,36,41H,12-13,15H2,(H,42,43)(H,47,48)(H3,35,37,39,40,45)/t23-/m0/s1. The average Bonchev–Trinajstić information content (AvgIpc) is 3.10. The molecule has 3 heterocycles. The Bertz CT molecular complexity index is 2410. The van der Waals surface area contributed by atoms with Gasteiger partial charge in [-0.1, -0.05) is 42.5 Å². The zero-order valence-electron chi connectivity index (χ0n) is 25.9. The first-order valence-electron chi connectivity index (χ1n) is 15.1. The van der Waals surface area contributed by atoms with Crippen LogP contribution in [0.1, 0.15) is 28.9 Å². The molecular weight excluding hydrogens is 650 g/mol. The van der Waals surface area contributed by atoms with E-state index in [0.717, 1.165) is 0 Å². The summed E-state index contributed by atoms with van der Waals surface area (Å²) in [7, 11) is 0. The van der Waals surface area contributed by atoms with Crippen molar-refractivity contribution in [3.05, 3.63) is 116 Å². The fourth-order valence-electron chi connectivity index (χ4n) is 5.41. The van der Waals surface area contributed by atoms with Gasteiger partial charge in [0.1, 0.15) is 11.3 Å². The number of nitrogen functional groups attached to an aromatic ring is 1. The zero-order chi connectivity index (χ0) is 35.5. The third-order valence-electron chi connectivity index (χ3n) is 7.81. The molecule has 0 fully saturated rings. The number of hydroxylamine groups is 2. The van der Waals surface area contributed by atoms with Gasteiger partial charge in [0, 0.05) is 23.2 Å². The van der Waals surface area contributed by atoms with Crippen molar-refractivity contribution in [2.45, 2.75) is 25.4 Å². The highest BCUT2D eigenvalue weighted by Crippen LogP contribution is 2.35. The van der Waals surface area contributed by atoms with Gasteiger partial charge in [0.25, 0.3) is 5.56 Å². The van der Waals surface area contributed by atoms with Gasteiger partial charge in [0.2, 0.25) is 11.4 Å². The minimum atomic E-state index is -1.94. The molecule has 1 amide bonds. The quantitative estimate of drug-likeness (QED) is 0.107. The van der Waals surface area contributed by atoms with Gasteiger partial charge >= 0.3 is 17.8 Å². The Morgan fingerprint density at radius 2 is 1.74 bits per heavy atom. The average molecular weight is 678 g/mol. The van der Waals surface area contributed by atoms with E-state index in [1.165, 1.54) is 24.4 Å². The number of nitrogens with zero attached hydrogens (tertiary/aromatic N) is 3. The molecule has 0 bridgehead atoms. The smallest absolute Gasteiger partial charge is 0.363 e. The lowest BCUT2D eigenvalue weighted by Gasteiger charge is -2.27. The number of aliphatic carboxylic acids is 2. The first kappa shape index (κ1) is 33.1. The summed E-state index contributed by atoms with van der Waals surface area (Å²) in [5, 5.41) is 34.1. The highest BCUT2D eigenvalue weighted by molar-refractivity contribution is 6.01. The molecule has 2 atom stereocenters. The molecule has 6 aromatic rings. The van der Waals surface area contributed by atoms with Crippen molar-refractivity contribution in [1.82, 2.24) is 19.9 Å². The maximum Gasteiger partial charge on any atom is 0.363 e. The van der Waals surface area contributed by atoms with E-state index in [1.807, 2.05) is 0 Å². The lowest BCUT2D eigenvalue weighted by atomic mass is 9.93. The maximum atomic E-state index is 14.3. The van der Waals surface area contributed by atoms with Crippen LogP contribution in [0.5, 0.6) is 0 Å². The number of aromatic amines is 1. The predicted molar refractivity (Wildman–Crippen MR) is 180 cm³/mol. The second-order valence-electron chi connectivity index (χ2n) is 11.1. The number of hydrogen-bond donors (Lipinski definition) is 6. The molecule has 3 aromatic heterocycles. The zero-order valence-corrected chi connectivity index (χ0v) is 25.9. The maximum absolute atomic E-state index is 14.3. The van der Waals surface area contributed by atoms with Gasteiger partial charge in [-0.25, -0.2) is 19.6 Å². The molecule has 6 rings (SSSR count). The molecule has 16 heteroatoms. The normalized spacial score (nSPS) is 12.4. The Hall–Kier alpha value is -6.78. The van der Waals surface area contributed by atoms with Crippen molar-refractivity contribution in [3.8, 4) is 22.5 Å². The number of carboxylic acid groups (broad SMARTS) is 2. The molecule has 16 nitrogen and oxygen atoms in total. The van der Waals surface area contributed by atoms with Gasteiger partial charge in [-0.3, -0.25) is 24.4 Å². The van der Waals surface area contributed by atoms with Crippen LogP contribution >= 0.6 is 0 Å². The predicted octanol–water partition coefficient (Wildman–Crippen LogP) is 2.19. The highest BCUT2D eigenvalue weighted by atomic mass is 16.5. The molecule has 0 radical (unpaired) electrons. The molecule has 0 saturated heterocycles. The second kappa shape index (κ2) is 13.8. The van der Waals surface area contributed by atoms with Crippen molar-refractivity contribution < 1.29 is 34.1 Å². The van der Waals surface area contributed by atoms with Crippen LogP contribution in [-0.4, -0.2) is 54.0 Å². The molecule has 0 spiro atoms. The summed E-state index contributed by atoms with van der Waals surface area (Å²) in [6, 6.07) is 17.3. The minimum Gasteiger partial charge on any atom is -0.626 e. The number of benzene rings is 3. The number of nitrogens with two attached hydrogens (primary N) is 1. The fraction of sp³-hybridized carbons (Fsp3) is 0.118. The lowest BCUT2D eigenvalue weighted by Crippen LogP contribution is -3.15. The number of carbonyl (C=O) groups excluding carboxylic acids is 1. The molecule has 3 aromatic carbocycles. The van der Waals surface area contributed by atoms with Gasteiger partial charge in [0.05, 0.1) is 41.4 Å². The number of anilines is 2. The van der Waals surface area contributed by atoms with Gasteiger partial charge < -0.3 is 30.9 Å². The van der Waals surface area contributed by atoms with Gasteiger partial charge in [0.15, 0.2) is 17.2 Å². The number of H-pyrrole nitrogens is 1. The van der Waals surface area contributed by atoms with Crippen molar-refractivity contribution in [2.75, 3.05) is 11.1 Å². The summed E-state index contributed by atoms with van der Waals surface area (Å²) >= 11 is 0.